The second kappa shape index (κ2) is 6.49. The van der Waals surface area contributed by atoms with E-state index in [4.69, 9.17) is 4.98 Å². The minimum absolute atomic E-state index is 0.262. The summed E-state index contributed by atoms with van der Waals surface area (Å²) >= 11 is 0. The Balaban J connectivity index is 1.92. The molecular formula is C22H23N2Si. The van der Waals surface area contributed by atoms with Crippen molar-refractivity contribution >= 4 is 30.6 Å². The molecule has 4 aromatic rings. The normalized spacial score (nSPS) is 13.0. The molecule has 1 unspecified atom stereocenters. The molecule has 0 saturated carbocycles. The van der Waals surface area contributed by atoms with Gasteiger partial charge >= 0.3 is 0 Å². The van der Waals surface area contributed by atoms with Crippen LogP contribution in [0.15, 0.2) is 66.7 Å². The minimum Gasteiger partial charge on any atom is -0.294 e. The van der Waals surface area contributed by atoms with E-state index in [-0.39, 0.29) is 8.80 Å². The molecule has 2 aromatic heterocycles. The Hall–Kier alpha value is -2.39. The molecule has 2 heterocycles. The van der Waals surface area contributed by atoms with E-state index >= 15 is 0 Å². The van der Waals surface area contributed by atoms with Crippen LogP contribution in [0.25, 0.3) is 27.6 Å². The highest BCUT2D eigenvalue weighted by Gasteiger charge is 2.14. The first kappa shape index (κ1) is 16.1. The molecule has 2 aromatic carbocycles. The fourth-order valence-electron chi connectivity index (χ4n) is 3.72. The number of para-hydroxylation sites is 2. The van der Waals surface area contributed by atoms with E-state index in [1.807, 2.05) is 0 Å². The van der Waals surface area contributed by atoms with Gasteiger partial charge in [0.1, 0.15) is 5.82 Å². The van der Waals surface area contributed by atoms with Gasteiger partial charge < -0.3 is 0 Å². The Morgan fingerprint density at radius 1 is 0.840 bits per heavy atom. The van der Waals surface area contributed by atoms with Crippen LogP contribution in [0.2, 0.25) is 19.1 Å². The van der Waals surface area contributed by atoms with Crippen LogP contribution in [0.4, 0.5) is 0 Å². The van der Waals surface area contributed by atoms with Crippen LogP contribution in [0.5, 0.6) is 0 Å². The summed E-state index contributed by atoms with van der Waals surface area (Å²) in [5.41, 5.74) is 3.64. The lowest BCUT2D eigenvalue weighted by Gasteiger charge is -2.15. The van der Waals surface area contributed by atoms with E-state index < -0.39 is 0 Å². The van der Waals surface area contributed by atoms with Crippen LogP contribution in [0.1, 0.15) is 18.5 Å². The summed E-state index contributed by atoms with van der Waals surface area (Å²) < 4.78 is 2.30. The Labute approximate surface area is 150 Å². The quantitative estimate of drug-likeness (QED) is 0.413. The van der Waals surface area contributed by atoms with E-state index in [1.54, 1.807) is 0 Å². The zero-order valence-corrected chi connectivity index (χ0v) is 16.0. The molecule has 1 radical (unpaired) electrons. The van der Waals surface area contributed by atoms with E-state index in [9.17, 15) is 0 Å². The smallest absolute Gasteiger partial charge is 0.137 e. The molecular weight excluding hydrogens is 320 g/mol. The number of pyridine rings is 1. The van der Waals surface area contributed by atoms with Crippen molar-refractivity contribution in [1.29, 1.82) is 0 Å². The Kier molecular flexibility index (Phi) is 4.18. The van der Waals surface area contributed by atoms with Crippen LogP contribution < -0.4 is 0 Å². The summed E-state index contributed by atoms with van der Waals surface area (Å²) in [4.78, 5) is 5.05. The molecule has 2 nitrogen and oxygen atoms in total. The van der Waals surface area contributed by atoms with E-state index in [0.717, 1.165) is 5.82 Å². The highest BCUT2D eigenvalue weighted by Crippen LogP contribution is 2.31. The maximum Gasteiger partial charge on any atom is 0.137 e. The Bertz CT molecular complexity index is 979. The second-order valence-corrected chi connectivity index (χ2v) is 9.93. The molecule has 0 aliphatic carbocycles. The molecule has 0 aliphatic rings. The van der Waals surface area contributed by atoms with Gasteiger partial charge in [-0.15, -0.1) is 0 Å². The third-order valence-corrected chi connectivity index (χ3v) is 6.21. The number of hydrogen-bond donors (Lipinski definition) is 0. The number of fused-ring (bicyclic) bond motifs is 3. The largest absolute Gasteiger partial charge is 0.294 e. The average molecular weight is 344 g/mol. The van der Waals surface area contributed by atoms with Crippen molar-refractivity contribution in [3.8, 4) is 5.82 Å². The summed E-state index contributed by atoms with van der Waals surface area (Å²) in [6, 6.07) is 24.9. The minimum atomic E-state index is -0.262. The standard InChI is InChI=1S/C22H23N2Si/c1-16(15-25(2)3)19-11-8-14-22(23-19)24-20-12-6-4-9-17(20)18-10-5-7-13-21(18)24/h4-14,16H,15H2,1-3H3. The van der Waals surface area contributed by atoms with Crippen LogP contribution >= 0.6 is 0 Å². The van der Waals surface area contributed by atoms with Gasteiger partial charge in [0, 0.05) is 25.3 Å². The van der Waals surface area contributed by atoms with Crippen molar-refractivity contribution in [1.82, 2.24) is 9.55 Å². The summed E-state index contributed by atoms with van der Waals surface area (Å²) in [5, 5.41) is 2.57. The molecule has 0 bridgehead atoms. The predicted molar refractivity (Wildman–Crippen MR) is 109 cm³/mol. The molecule has 0 spiro atoms. The first-order chi connectivity index (χ1) is 12.1. The zero-order valence-electron chi connectivity index (χ0n) is 15.0. The molecule has 3 heteroatoms. The number of hydrogen-bond acceptors (Lipinski definition) is 1. The van der Waals surface area contributed by atoms with Gasteiger partial charge in [-0.05, 0) is 30.2 Å². The third-order valence-electron chi connectivity index (χ3n) is 4.78. The van der Waals surface area contributed by atoms with Crippen molar-refractivity contribution in [2.24, 2.45) is 0 Å². The molecule has 0 aliphatic heterocycles. The van der Waals surface area contributed by atoms with Gasteiger partial charge in [0.15, 0.2) is 0 Å². The molecule has 25 heavy (non-hydrogen) atoms. The fraction of sp³-hybridized carbons (Fsp3) is 0.227. The number of nitrogens with zero attached hydrogens (tertiary/aromatic N) is 2. The van der Waals surface area contributed by atoms with Gasteiger partial charge in [0.25, 0.3) is 0 Å². The summed E-state index contributed by atoms with van der Waals surface area (Å²) in [6.07, 6.45) is 0. The number of aromatic nitrogens is 2. The molecule has 125 valence electrons. The lowest BCUT2D eigenvalue weighted by molar-refractivity contribution is 0.805. The zero-order chi connectivity index (χ0) is 17.4. The Morgan fingerprint density at radius 2 is 1.44 bits per heavy atom. The molecule has 1 atom stereocenters. The monoisotopic (exact) mass is 343 g/mol. The van der Waals surface area contributed by atoms with E-state index in [1.165, 1.54) is 33.5 Å². The van der Waals surface area contributed by atoms with E-state index in [0.29, 0.717) is 5.92 Å². The van der Waals surface area contributed by atoms with Crippen LogP contribution in [0.3, 0.4) is 0 Å². The maximum atomic E-state index is 5.05. The van der Waals surface area contributed by atoms with Crippen molar-refractivity contribution in [3.63, 3.8) is 0 Å². The summed E-state index contributed by atoms with van der Waals surface area (Å²) in [5.74, 6) is 1.53. The highest BCUT2D eigenvalue weighted by atomic mass is 28.3. The van der Waals surface area contributed by atoms with Gasteiger partial charge in [0.05, 0.1) is 11.0 Å². The lowest BCUT2D eigenvalue weighted by Crippen LogP contribution is -2.08. The SMILES string of the molecule is CC(C[Si](C)C)c1cccc(-n2c3ccccc3c3ccccc32)n1. The topological polar surface area (TPSA) is 17.8 Å². The molecule has 0 N–H and O–H groups in total. The van der Waals surface area contributed by atoms with E-state index in [2.05, 4.69) is 91.3 Å². The number of rotatable bonds is 4. The van der Waals surface area contributed by atoms with Crippen LogP contribution in [-0.2, 0) is 0 Å². The average Bonchev–Trinajstić information content (AvgIpc) is 2.96. The highest BCUT2D eigenvalue weighted by molar-refractivity contribution is 6.55. The maximum absolute atomic E-state index is 5.05. The van der Waals surface area contributed by atoms with Gasteiger partial charge in [-0.25, -0.2) is 4.98 Å². The fourth-order valence-corrected chi connectivity index (χ4v) is 5.16. The first-order valence-electron chi connectivity index (χ1n) is 8.89. The lowest BCUT2D eigenvalue weighted by atomic mass is 10.1. The molecule has 0 saturated heterocycles. The van der Waals surface area contributed by atoms with Gasteiger partial charge in [0.2, 0.25) is 0 Å². The van der Waals surface area contributed by atoms with Gasteiger partial charge in [-0.2, -0.15) is 0 Å². The van der Waals surface area contributed by atoms with Crippen molar-refractivity contribution < 1.29 is 0 Å². The van der Waals surface area contributed by atoms with Crippen LogP contribution in [0, 0.1) is 0 Å². The second-order valence-electron chi connectivity index (χ2n) is 7.10. The van der Waals surface area contributed by atoms with Gasteiger partial charge in [-0.3, -0.25) is 4.57 Å². The molecule has 0 amide bonds. The van der Waals surface area contributed by atoms with Crippen molar-refractivity contribution in [3.05, 3.63) is 72.4 Å². The van der Waals surface area contributed by atoms with Crippen molar-refractivity contribution in [2.45, 2.75) is 32.0 Å². The third kappa shape index (κ3) is 2.89. The molecule has 0 fully saturated rings. The predicted octanol–water partition coefficient (Wildman–Crippen LogP) is 6.04. The first-order valence-corrected chi connectivity index (χ1v) is 11.6. The van der Waals surface area contributed by atoms with Crippen LogP contribution in [-0.4, -0.2) is 18.3 Å². The van der Waals surface area contributed by atoms with Crippen molar-refractivity contribution in [2.75, 3.05) is 0 Å². The Morgan fingerprint density at radius 3 is 2.04 bits per heavy atom. The molecule has 4 rings (SSSR count). The summed E-state index contributed by atoms with van der Waals surface area (Å²) in [6.45, 7) is 7.05. The summed E-state index contributed by atoms with van der Waals surface area (Å²) in [7, 11) is -0.262. The number of benzene rings is 2. The van der Waals surface area contributed by atoms with Gasteiger partial charge in [-0.1, -0.05) is 68.5 Å².